The van der Waals surface area contributed by atoms with E-state index in [2.05, 4.69) is 15.6 Å². The summed E-state index contributed by atoms with van der Waals surface area (Å²) >= 11 is 1.04. The number of nitrogens with one attached hydrogen (secondary N) is 2. The van der Waals surface area contributed by atoms with Gasteiger partial charge in [-0.15, -0.1) is 0 Å². The van der Waals surface area contributed by atoms with Crippen LogP contribution in [0.4, 0.5) is 14.9 Å². The fourth-order valence-corrected chi connectivity index (χ4v) is 5.22. The fraction of sp³-hybridized carbons (Fsp3) is 0.308. The van der Waals surface area contributed by atoms with Crippen LogP contribution >= 0.6 is 11.8 Å². The number of carbonyl (C=O) groups is 3. The molecule has 3 amide bonds. The third kappa shape index (κ3) is 4.66. The first kappa shape index (κ1) is 24.2. The Labute approximate surface area is 212 Å². The van der Waals surface area contributed by atoms with E-state index in [1.807, 2.05) is 32.1 Å². The van der Waals surface area contributed by atoms with Crippen LogP contribution in [0, 0.1) is 5.82 Å². The Balaban J connectivity index is 1.25. The Morgan fingerprint density at radius 1 is 1.19 bits per heavy atom. The third-order valence-corrected chi connectivity index (χ3v) is 7.17. The van der Waals surface area contributed by atoms with Crippen LogP contribution in [0.1, 0.15) is 30.7 Å². The summed E-state index contributed by atoms with van der Waals surface area (Å²) in [5.41, 5.74) is 3.43. The number of thioether (sulfide) groups is 1. The number of anilines is 1. The molecule has 1 aromatic carbocycles. The molecule has 0 saturated carbocycles. The number of benzene rings is 1. The molecule has 36 heavy (non-hydrogen) atoms. The Hall–Kier alpha value is -3.50. The van der Waals surface area contributed by atoms with Crippen molar-refractivity contribution in [2.75, 3.05) is 30.7 Å². The first-order chi connectivity index (χ1) is 17.2. The molecule has 1 saturated heterocycles. The highest BCUT2D eigenvalue weighted by molar-refractivity contribution is 8.14. The summed E-state index contributed by atoms with van der Waals surface area (Å²) in [6.45, 7) is 5.43. The zero-order valence-corrected chi connectivity index (χ0v) is 20.7. The predicted molar refractivity (Wildman–Crippen MR) is 135 cm³/mol. The third-order valence-electron chi connectivity index (χ3n) is 6.31. The van der Waals surface area contributed by atoms with E-state index in [1.54, 1.807) is 12.3 Å². The van der Waals surface area contributed by atoms with Crippen LogP contribution in [0.25, 0.3) is 11.1 Å². The van der Waals surface area contributed by atoms with Crippen LogP contribution in [0.5, 0.6) is 0 Å². The minimum atomic E-state index is -0.682. The molecule has 10 heteroatoms. The van der Waals surface area contributed by atoms with Gasteiger partial charge >= 0.3 is 0 Å². The van der Waals surface area contributed by atoms with E-state index in [4.69, 9.17) is 4.74 Å². The summed E-state index contributed by atoms with van der Waals surface area (Å²) < 4.78 is 19.8. The van der Waals surface area contributed by atoms with E-state index >= 15 is 0 Å². The summed E-state index contributed by atoms with van der Waals surface area (Å²) in [7, 11) is 0. The molecule has 8 nitrogen and oxygen atoms in total. The zero-order valence-electron chi connectivity index (χ0n) is 19.9. The quantitative estimate of drug-likeness (QED) is 0.435. The van der Waals surface area contributed by atoms with Gasteiger partial charge in [0.1, 0.15) is 17.2 Å². The lowest BCUT2D eigenvalue weighted by Crippen LogP contribution is -2.36. The van der Waals surface area contributed by atoms with Crippen molar-refractivity contribution < 1.29 is 23.5 Å². The van der Waals surface area contributed by atoms with Crippen LogP contribution < -0.4 is 10.6 Å². The molecule has 3 aliphatic heterocycles. The summed E-state index contributed by atoms with van der Waals surface area (Å²) in [5, 5.41) is 5.76. The maximum Gasteiger partial charge on any atom is 0.288 e. The van der Waals surface area contributed by atoms with Gasteiger partial charge in [-0.05, 0) is 44.2 Å². The van der Waals surface area contributed by atoms with Crippen LogP contribution in [-0.4, -0.2) is 57.9 Å². The Morgan fingerprint density at radius 3 is 2.75 bits per heavy atom. The van der Waals surface area contributed by atoms with E-state index in [9.17, 15) is 18.8 Å². The SMILES string of the molecule is CC1(C)OC(=C2C(=O)Nc3cc(F)ccc32)C=C1c1ccc(CCNCCN2C(=O)CSC2=O)nc1. The minimum Gasteiger partial charge on any atom is -0.482 e. The van der Waals surface area contributed by atoms with Crippen molar-refractivity contribution in [1.29, 1.82) is 0 Å². The second-order valence-electron chi connectivity index (χ2n) is 9.19. The number of allylic oxidation sites excluding steroid dienone is 1. The second-order valence-corrected chi connectivity index (χ2v) is 10.1. The van der Waals surface area contributed by atoms with Gasteiger partial charge in [-0.3, -0.25) is 24.3 Å². The Kier molecular flexibility index (Phi) is 6.40. The van der Waals surface area contributed by atoms with Gasteiger partial charge < -0.3 is 15.4 Å². The molecule has 0 bridgehead atoms. The first-order valence-electron chi connectivity index (χ1n) is 11.6. The number of ether oxygens (including phenoxy) is 1. The van der Waals surface area contributed by atoms with Crippen molar-refractivity contribution in [3.63, 3.8) is 0 Å². The molecule has 2 aromatic rings. The summed E-state index contributed by atoms with van der Waals surface area (Å²) in [5.74, 6) is -0.201. The first-order valence-corrected chi connectivity index (χ1v) is 12.6. The molecule has 4 heterocycles. The van der Waals surface area contributed by atoms with E-state index in [0.717, 1.165) is 28.6 Å². The number of amides is 3. The summed E-state index contributed by atoms with van der Waals surface area (Å²) in [6.07, 6.45) is 4.33. The molecule has 0 radical (unpaired) electrons. The van der Waals surface area contributed by atoms with E-state index in [-0.39, 0.29) is 22.8 Å². The number of pyridine rings is 1. The van der Waals surface area contributed by atoms with Gasteiger partial charge in [0.2, 0.25) is 5.91 Å². The maximum atomic E-state index is 13.6. The topological polar surface area (TPSA) is 101 Å². The highest BCUT2D eigenvalue weighted by Crippen LogP contribution is 2.44. The number of rotatable bonds is 7. The Bertz CT molecular complexity index is 1300. The standard InChI is InChI=1S/C26H25FN4O4S/c1-26(2)19(12-21(35-26)23-18-6-4-16(27)11-20(18)30-24(23)33)15-3-5-17(29-13-15)7-8-28-9-10-31-22(32)14-36-25(31)34/h3-6,11-13,28H,7-10,14H2,1-2H3,(H,30,33). The number of carbonyl (C=O) groups excluding carboxylic acids is 3. The number of halogens is 1. The molecule has 0 aliphatic carbocycles. The lowest BCUT2D eigenvalue weighted by atomic mass is 9.93. The molecule has 5 rings (SSSR count). The number of fused-ring (bicyclic) bond motifs is 1. The van der Waals surface area contributed by atoms with Crippen molar-refractivity contribution in [3.8, 4) is 0 Å². The molecule has 186 valence electrons. The van der Waals surface area contributed by atoms with E-state index < -0.39 is 11.4 Å². The molecule has 0 unspecified atom stereocenters. The number of nitrogens with zero attached hydrogens (tertiary/aromatic N) is 2. The number of aromatic nitrogens is 1. The van der Waals surface area contributed by atoms with Gasteiger partial charge in [0.25, 0.3) is 11.1 Å². The lowest BCUT2D eigenvalue weighted by molar-refractivity contribution is -0.124. The van der Waals surface area contributed by atoms with Crippen molar-refractivity contribution in [3.05, 3.63) is 71.0 Å². The second kappa shape index (κ2) is 9.51. The van der Waals surface area contributed by atoms with Gasteiger partial charge in [-0.2, -0.15) is 0 Å². The fourth-order valence-electron chi connectivity index (χ4n) is 4.47. The predicted octanol–water partition coefficient (Wildman–Crippen LogP) is 3.60. The highest BCUT2D eigenvalue weighted by Gasteiger charge is 2.38. The largest absolute Gasteiger partial charge is 0.482 e. The average molecular weight is 509 g/mol. The van der Waals surface area contributed by atoms with Gasteiger partial charge in [0, 0.05) is 54.6 Å². The minimum absolute atomic E-state index is 0.136. The zero-order chi connectivity index (χ0) is 25.4. The van der Waals surface area contributed by atoms with Crippen molar-refractivity contribution >= 4 is 45.6 Å². The van der Waals surface area contributed by atoms with Crippen LogP contribution in [0.15, 0.2) is 48.4 Å². The molecule has 2 N–H and O–H groups in total. The summed E-state index contributed by atoms with van der Waals surface area (Å²) in [6, 6.07) is 8.13. The van der Waals surface area contributed by atoms with E-state index in [1.165, 1.54) is 17.0 Å². The molecule has 1 aromatic heterocycles. The highest BCUT2D eigenvalue weighted by atomic mass is 32.2. The smallest absolute Gasteiger partial charge is 0.288 e. The molecule has 0 atom stereocenters. The summed E-state index contributed by atoms with van der Waals surface area (Å²) in [4.78, 5) is 41.7. The number of imide groups is 1. The average Bonchev–Trinajstić information content (AvgIpc) is 3.45. The van der Waals surface area contributed by atoms with Gasteiger partial charge in [-0.25, -0.2) is 4.39 Å². The Morgan fingerprint density at radius 2 is 2.03 bits per heavy atom. The maximum absolute atomic E-state index is 13.6. The van der Waals surface area contributed by atoms with Gasteiger partial charge in [0.05, 0.1) is 17.0 Å². The van der Waals surface area contributed by atoms with Gasteiger partial charge in [-0.1, -0.05) is 17.8 Å². The van der Waals surface area contributed by atoms with Gasteiger partial charge in [0.15, 0.2) is 0 Å². The molecular weight excluding hydrogens is 483 g/mol. The monoisotopic (exact) mass is 508 g/mol. The molecule has 0 spiro atoms. The van der Waals surface area contributed by atoms with E-state index in [0.29, 0.717) is 48.6 Å². The molecule has 1 fully saturated rings. The molecule has 3 aliphatic rings. The molecular formula is C26H25FN4O4S. The van der Waals surface area contributed by atoms with Crippen molar-refractivity contribution in [1.82, 2.24) is 15.2 Å². The van der Waals surface area contributed by atoms with Crippen LogP contribution in [-0.2, 0) is 20.7 Å². The van der Waals surface area contributed by atoms with Crippen molar-refractivity contribution in [2.45, 2.75) is 25.9 Å². The van der Waals surface area contributed by atoms with Crippen molar-refractivity contribution in [2.24, 2.45) is 0 Å². The normalized spacial score (nSPS) is 20.5. The number of hydrogen-bond donors (Lipinski definition) is 2. The van der Waals surface area contributed by atoms with Crippen LogP contribution in [0.2, 0.25) is 0 Å². The van der Waals surface area contributed by atoms with Crippen LogP contribution in [0.3, 0.4) is 0 Å². The number of hydrogen-bond acceptors (Lipinski definition) is 7. The lowest BCUT2D eigenvalue weighted by Gasteiger charge is -2.23.